The number of hydrogen-bond donors (Lipinski definition) is 1. The molecular formula is C14H26N2O3. The van der Waals surface area contributed by atoms with E-state index in [-0.39, 0.29) is 0 Å². The highest BCUT2D eigenvalue weighted by atomic mass is 16.5. The molecule has 5 nitrogen and oxygen atoms in total. The zero-order chi connectivity index (χ0) is 13.9. The van der Waals surface area contributed by atoms with Gasteiger partial charge < -0.3 is 19.6 Å². The molecule has 0 radical (unpaired) electrons. The molecule has 2 N–H and O–H groups in total. The first kappa shape index (κ1) is 16.2. The summed E-state index contributed by atoms with van der Waals surface area (Å²) in [6.07, 6.45) is 0. The quantitative estimate of drug-likeness (QED) is 0.619. The molecule has 0 saturated carbocycles. The van der Waals surface area contributed by atoms with E-state index in [1.807, 2.05) is 26.0 Å². The molecule has 0 amide bonds. The van der Waals surface area contributed by atoms with Crippen LogP contribution in [0.4, 0.5) is 0 Å². The summed E-state index contributed by atoms with van der Waals surface area (Å²) < 4.78 is 16.4. The Morgan fingerprint density at radius 1 is 1.05 bits per heavy atom. The molecule has 1 heterocycles. The summed E-state index contributed by atoms with van der Waals surface area (Å²) in [6, 6.07) is 3.91. The van der Waals surface area contributed by atoms with Crippen LogP contribution in [0.2, 0.25) is 0 Å². The topological polar surface area (TPSA) is 60.9 Å². The van der Waals surface area contributed by atoms with Gasteiger partial charge in [-0.3, -0.25) is 4.90 Å². The minimum Gasteiger partial charge on any atom is -0.463 e. The van der Waals surface area contributed by atoms with Crippen molar-refractivity contribution in [2.75, 3.05) is 39.5 Å². The Kier molecular flexibility index (Phi) is 8.49. The summed E-state index contributed by atoms with van der Waals surface area (Å²) in [5.41, 5.74) is 5.54. The van der Waals surface area contributed by atoms with Gasteiger partial charge in [0, 0.05) is 26.3 Å². The van der Waals surface area contributed by atoms with Gasteiger partial charge in [-0.15, -0.1) is 0 Å². The van der Waals surface area contributed by atoms with E-state index in [2.05, 4.69) is 4.90 Å². The van der Waals surface area contributed by atoms with E-state index in [9.17, 15) is 0 Å². The van der Waals surface area contributed by atoms with Gasteiger partial charge in [-0.2, -0.15) is 0 Å². The Balaban J connectivity index is 2.41. The van der Waals surface area contributed by atoms with Crippen molar-refractivity contribution in [3.8, 4) is 0 Å². The number of nitrogens with two attached hydrogens (primary N) is 1. The first-order valence-corrected chi connectivity index (χ1v) is 6.95. The molecule has 0 aliphatic rings. The normalized spacial score (nSPS) is 11.4. The molecule has 1 aromatic heterocycles. The predicted molar refractivity (Wildman–Crippen MR) is 74.9 cm³/mol. The lowest BCUT2D eigenvalue weighted by Crippen LogP contribution is -2.30. The van der Waals surface area contributed by atoms with Crippen molar-refractivity contribution in [3.63, 3.8) is 0 Å². The van der Waals surface area contributed by atoms with Crippen LogP contribution in [0.25, 0.3) is 0 Å². The van der Waals surface area contributed by atoms with Crippen molar-refractivity contribution in [1.82, 2.24) is 4.90 Å². The van der Waals surface area contributed by atoms with Gasteiger partial charge in [0.15, 0.2) is 0 Å². The fourth-order valence-corrected chi connectivity index (χ4v) is 1.78. The highest BCUT2D eigenvalue weighted by Gasteiger charge is 2.09. The molecule has 0 aromatic carbocycles. The summed E-state index contributed by atoms with van der Waals surface area (Å²) in [6.45, 7) is 9.92. The molecule has 110 valence electrons. The third-order valence-electron chi connectivity index (χ3n) is 2.81. The number of hydrogen-bond acceptors (Lipinski definition) is 5. The minimum atomic E-state index is 0.442. The third-order valence-corrected chi connectivity index (χ3v) is 2.81. The summed E-state index contributed by atoms with van der Waals surface area (Å²) in [7, 11) is 0. The van der Waals surface area contributed by atoms with E-state index >= 15 is 0 Å². The first-order valence-electron chi connectivity index (χ1n) is 6.95. The lowest BCUT2D eigenvalue weighted by Gasteiger charge is -2.20. The van der Waals surface area contributed by atoms with Gasteiger partial charge in [0.05, 0.1) is 26.3 Å². The fraction of sp³-hybridized carbons (Fsp3) is 0.714. The average molecular weight is 270 g/mol. The first-order chi connectivity index (χ1) is 9.30. The summed E-state index contributed by atoms with van der Waals surface area (Å²) >= 11 is 0. The molecule has 1 aromatic rings. The molecule has 0 unspecified atom stereocenters. The second-order valence-corrected chi connectivity index (χ2v) is 4.24. The number of rotatable bonds is 11. The molecule has 0 bridgehead atoms. The lowest BCUT2D eigenvalue weighted by molar-refractivity contribution is 0.0767. The van der Waals surface area contributed by atoms with Crippen LogP contribution in [0.5, 0.6) is 0 Å². The number of ether oxygens (including phenoxy) is 2. The Morgan fingerprint density at radius 2 is 1.63 bits per heavy atom. The van der Waals surface area contributed by atoms with Crippen molar-refractivity contribution in [2.24, 2.45) is 5.73 Å². The van der Waals surface area contributed by atoms with E-state index in [1.54, 1.807) is 0 Å². The maximum atomic E-state index is 5.63. The Bertz CT molecular complexity index is 318. The van der Waals surface area contributed by atoms with Crippen LogP contribution in [-0.2, 0) is 22.6 Å². The van der Waals surface area contributed by atoms with Crippen molar-refractivity contribution in [1.29, 1.82) is 0 Å². The average Bonchev–Trinajstić information content (AvgIpc) is 2.87. The van der Waals surface area contributed by atoms with E-state index < -0.39 is 0 Å². The van der Waals surface area contributed by atoms with Crippen LogP contribution in [0.15, 0.2) is 16.5 Å². The van der Waals surface area contributed by atoms with Crippen LogP contribution in [0.1, 0.15) is 25.4 Å². The molecule has 0 saturated heterocycles. The zero-order valence-electron chi connectivity index (χ0n) is 12.1. The minimum absolute atomic E-state index is 0.442. The standard InChI is InChI=1S/C14H26N2O3/c1-3-17-9-7-16(8-10-18-4-2)12-14-6-5-13(11-15)19-14/h5-6H,3-4,7-12,15H2,1-2H3. The highest BCUT2D eigenvalue weighted by Crippen LogP contribution is 2.10. The maximum Gasteiger partial charge on any atom is 0.118 e. The monoisotopic (exact) mass is 270 g/mol. The Morgan fingerprint density at radius 3 is 2.11 bits per heavy atom. The van der Waals surface area contributed by atoms with Crippen LogP contribution >= 0.6 is 0 Å². The van der Waals surface area contributed by atoms with Crippen molar-refractivity contribution < 1.29 is 13.9 Å². The van der Waals surface area contributed by atoms with Crippen LogP contribution in [-0.4, -0.2) is 44.4 Å². The number of nitrogens with zero attached hydrogens (tertiary/aromatic N) is 1. The van der Waals surface area contributed by atoms with E-state index in [4.69, 9.17) is 19.6 Å². The zero-order valence-corrected chi connectivity index (χ0v) is 12.1. The predicted octanol–water partition coefficient (Wildman–Crippen LogP) is 1.61. The SMILES string of the molecule is CCOCCN(CCOCC)Cc1ccc(CN)o1. The molecule has 1 rings (SSSR count). The fourth-order valence-electron chi connectivity index (χ4n) is 1.78. The Labute approximate surface area is 115 Å². The van der Waals surface area contributed by atoms with Gasteiger partial charge in [-0.05, 0) is 26.0 Å². The molecule has 0 atom stereocenters. The summed E-state index contributed by atoms with van der Waals surface area (Å²) in [4.78, 5) is 2.27. The van der Waals surface area contributed by atoms with Gasteiger partial charge in [0.2, 0.25) is 0 Å². The molecule has 5 heteroatoms. The highest BCUT2D eigenvalue weighted by molar-refractivity contribution is 5.06. The molecule has 19 heavy (non-hydrogen) atoms. The van der Waals surface area contributed by atoms with Gasteiger partial charge >= 0.3 is 0 Å². The summed E-state index contributed by atoms with van der Waals surface area (Å²) in [5.74, 6) is 1.76. The van der Waals surface area contributed by atoms with Gasteiger partial charge in [0.25, 0.3) is 0 Å². The molecule has 0 fully saturated rings. The molecule has 0 spiro atoms. The van der Waals surface area contributed by atoms with Crippen molar-refractivity contribution in [2.45, 2.75) is 26.9 Å². The molecule has 0 aliphatic carbocycles. The van der Waals surface area contributed by atoms with Crippen LogP contribution in [0, 0.1) is 0 Å². The summed E-state index contributed by atoms with van der Waals surface area (Å²) in [5, 5.41) is 0. The van der Waals surface area contributed by atoms with Gasteiger partial charge in [-0.25, -0.2) is 0 Å². The molecule has 0 aliphatic heterocycles. The number of furan rings is 1. The maximum absolute atomic E-state index is 5.63. The second-order valence-electron chi connectivity index (χ2n) is 4.24. The third kappa shape index (κ3) is 6.73. The smallest absolute Gasteiger partial charge is 0.118 e. The van der Waals surface area contributed by atoms with Crippen molar-refractivity contribution in [3.05, 3.63) is 23.7 Å². The lowest BCUT2D eigenvalue weighted by atomic mass is 10.3. The Hall–Kier alpha value is -0.880. The van der Waals surface area contributed by atoms with Crippen LogP contribution < -0.4 is 5.73 Å². The van der Waals surface area contributed by atoms with E-state index in [1.165, 1.54) is 0 Å². The van der Waals surface area contributed by atoms with Gasteiger partial charge in [-0.1, -0.05) is 0 Å². The van der Waals surface area contributed by atoms with Crippen molar-refractivity contribution >= 4 is 0 Å². The largest absolute Gasteiger partial charge is 0.463 e. The van der Waals surface area contributed by atoms with Gasteiger partial charge in [0.1, 0.15) is 11.5 Å². The second kappa shape index (κ2) is 9.97. The molecular weight excluding hydrogens is 244 g/mol. The van der Waals surface area contributed by atoms with E-state index in [0.717, 1.165) is 57.6 Å². The van der Waals surface area contributed by atoms with E-state index in [0.29, 0.717) is 6.54 Å². The van der Waals surface area contributed by atoms with Crippen LogP contribution in [0.3, 0.4) is 0 Å².